The Bertz CT molecular complexity index is 7790. The third-order valence-electron chi connectivity index (χ3n) is 25.9. The fourth-order valence-electron chi connectivity index (χ4n) is 21.6. The second-order valence-electron chi connectivity index (χ2n) is 31.1. The summed E-state index contributed by atoms with van der Waals surface area (Å²) in [6.07, 6.45) is 0. The van der Waals surface area contributed by atoms with E-state index in [2.05, 4.69) is 380 Å². The van der Waals surface area contributed by atoms with Crippen LogP contribution in [-0.2, 0) is 10.8 Å². The molecule has 5 aliphatic carbocycles. The van der Waals surface area contributed by atoms with E-state index in [9.17, 15) is 0 Å². The molecule has 2 aromatic heterocycles. The van der Waals surface area contributed by atoms with E-state index in [-0.39, 0.29) is 0 Å². The molecule has 21 aromatic rings. The first kappa shape index (κ1) is 60.4. The summed E-state index contributed by atoms with van der Waals surface area (Å²) in [7, 11) is 0. The molecule has 2 unspecified atom stereocenters. The maximum Gasteiger partial charge on any atom is 0.135 e. The average molecular weight is 1420 g/mol. The molecule has 4 heteroatoms. The standard InChI is InChI=1S/C108H62N2O2/c1-3-23-64(24-4-1)109(66-48-53-102-89(56-66)79-33-15-20-44-100(79)111-102)68-46-50-77-74-30-11-16-40-92(74)107(96(77)58-68)94-42-18-13-32-76(94)87-60-85-73-29-9-10-34-80(73)104-70(36-21-38-82(104)86(85)61-98(87)107)63-45-52-101-88(55-63)90-57-67(49-54-103(90)112-101)110(65-25-5-2-6-26-65)69-47-51-78-75-31-12-17-41-93(75)108(97(78)59-69)95-43-19-14-35-83(95)106-84-39-22-37-81-71-27-7-8-28-72(71)91(105(81)84)62-99(106)108/h1-62H. The van der Waals surface area contributed by atoms with E-state index in [0.717, 1.165) is 83.6 Å². The predicted octanol–water partition coefficient (Wildman–Crippen LogP) is 29.0. The molecule has 0 saturated heterocycles. The molecule has 0 bridgehead atoms. The van der Waals surface area contributed by atoms with Crippen LogP contribution in [0.5, 0.6) is 0 Å². The number of fused-ring (bicyclic) bond motifs is 36. The summed E-state index contributed by atoms with van der Waals surface area (Å²) in [5.41, 5.74) is 36.8. The Morgan fingerprint density at radius 1 is 0.170 bits per heavy atom. The first-order valence-corrected chi connectivity index (χ1v) is 38.9. The van der Waals surface area contributed by atoms with Gasteiger partial charge in [0.05, 0.1) is 10.8 Å². The molecule has 5 aliphatic rings. The van der Waals surface area contributed by atoms with Crippen LogP contribution in [-0.4, -0.2) is 0 Å². The molecule has 0 amide bonds. The largest absolute Gasteiger partial charge is 0.456 e. The number of hydrogen-bond donors (Lipinski definition) is 0. The Labute approximate surface area is 644 Å². The summed E-state index contributed by atoms with van der Waals surface area (Å²) in [5.74, 6) is 0. The molecule has 0 aliphatic heterocycles. The SMILES string of the molecule is c1ccc(N(c2ccc3c(c2)C2(c4ccccc4-3)c3ccccc3-c3cc4c5ccccc5c5c(-c6ccc7oc8ccc(N(c9ccccc9)c9ccc%10c(c9)C9(c%11ccccc%11-%10)c%10ccccc%10-c%10c9cc9c%11c(cccc%10%11)-c%10ccccc%10-9)cc8c7c6)cccc5c4cc32)c2ccc3oc4ccccc4c3c2)cc1. The lowest BCUT2D eigenvalue weighted by atomic mass is 9.70. The average Bonchev–Trinajstić information content (AvgIpc) is 1.50. The van der Waals surface area contributed by atoms with Crippen LogP contribution in [0.2, 0.25) is 0 Å². The minimum absolute atomic E-state index is 0.594. The Balaban J connectivity index is 0.644. The van der Waals surface area contributed by atoms with E-state index < -0.39 is 10.8 Å². The summed E-state index contributed by atoms with van der Waals surface area (Å²) in [5, 5.41) is 14.3. The van der Waals surface area contributed by atoms with E-state index in [4.69, 9.17) is 8.83 Å². The Morgan fingerprint density at radius 2 is 0.562 bits per heavy atom. The fourth-order valence-corrected chi connectivity index (χ4v) is 21.6. The third kappa shape index (κ3) is 7.74. The van der Waals surface area contributed by atoms with Crippen molar-refractivity contribution in [2.75, 3.05) is 9.80 Å². The van der Waals surface area contributed by atoms with Crippen LogP contribution in [0.25, 0.3) is 165 Å². The van der Waals surface area contributed by atoms with Crippen molar-refractivity contribution in [1.82, 2.24) is 0 Å². The van der Waals surface area contributed by atoms with E-state index in [1.54, 1.807) is 0 Å². The zero-order chi connectivity index (χ0) is 72.8. The topological polar surface area (TPSA) is 32.8 Å². The van der Waals surface area contributed by atoms with E-state index in [1.165, 1.54) is 160 Å². The van der Waals surface area contributed by atoms with Crippen molar-refractivity contribution in [3.05, 3.63) is 421 Å². The van der Waals surface area contributed by atoms with Crippen molar-refractivity contribution < 1.29 is 8.83 Å². The molecule has 0 N–H and O–H groups in total. The van der Waals surface area contributed by atoms with Crippen LogP contribution in [0, 0.1) is 0 Å². The van der Waals surface area contributed by atoms with Crippen molar-refractivity contribution in [3.63, 3.8) is 0 Å². The van der Waals surface area contributed by atoms with Crippen molar-refractivity contribution in [2.45, 2.75) is 10.8 Å². The van der Waals surface area contributed by atoms with Gasteiger partial charge in [-0.3, -0.25) is 0 Å². The van der Waals surface area contributed by atoms with Gasteiger partial charge in [0.2, 0.25) is 0 Å². The second-order valence-corrected chi connectivity index (χ2v) is 31.1. The summed E-state index contributed by atoms with van der Waals surface area (Å²) < 4.78 is 13.4. The maximum atomic E-state index is 6.94. The molecular weight excluding hydrogens is 1360 g/mol. The predicted molar refractivity (Wildman–Crippen MR) is 463 cm³/mol. The van der Waals surface area contributed by atoms with Gasteiger partial charge in [-0.05, 0) is 287 Å². The summed E-state index contributed by atoms with van der Waals surface area (Å²) >= 11 is 0. The number of hydrogen-bond acceptors (Lipinski definition) is 4. The van der Waals surface area contributed by atoms with Crippen LogP contribution in [0.4, 0.5) is 34.1 Å². The number of benzene rings is 19. The van der Waals surface area contributed by atoms with Crippen molar-refractivity contribution in [1.29, 1.82) is 0 Å². The lowest BCUT2D eigenvalue weighted by Gasteiger charge is -2.32. The Kier molecular flexibility index (Phi) is 11.9. The smallest absolute Gasteiger partial charge is 0.135 e. The van der Waals surface area contributed by atoms with Crippen molar-refractivity contribution in [3.8, 4) is 77.9 Å². The molecule has 2 spiro atoms. The first-order chi connectivity index (χ1) is 55.5. The van der Waals surface area contributed by atoms with Gasteiger partial charge >= 0.3 is 0 Å². The minimum Gasteiger partial charge on any atom is -0.456 e. The number of furan rings is 2. The molecule has 2 heterocycles. The molecule has 26 rings (SSSR count). The first-order valence-electron chi connectivity index (χ1n) is 38.9. The van der Waals surface area contributed by atoms with Crippen LogP contribution in [0.1, 0.15) is 44.5 Å². The van der Waals surface area contributed by atoms with Gasteiger partial charge in [0.1, 0.15) is 22.3 Å². The van der Waals surface area contributed by atoms with Gasteiger partial charge in [0.25, 0.3) is 0 Å². The van der Waals surface area contributed by atoms with E-state index in [0.29, 0.717) is 0 Å². The highest BCUT2D eigenvalue weighted by Crippen LogP contribution is 2.68. The molecule has 0 fully saturated rings. The lowest BCUT2D eigenvalue weighted by molar-refractivity contribution is 0.668. The van der Waals surface area contributed by atoms with Gasteiger partial charge in [-0.2, -0.15) is 0 Å². The molecule has 2 atom stereocenters. The van der Waals surface area contributed by atoms with Crippen LogP contribution < -0.4 is 9.80 Å². The van der Waals surface area contributed by atoms with Crippen molar-refractivity contribution in [2.24, 2.45) is 0 Å². The highest BCUT2D eigenvalue weighted by molar-refractivity contribution is 6.30. The summed E-state index contributed by atoms with van der Waals surface area (Å²) in [6.45, 7) is 0. The quantitative estimate of drug-likeness (QED) is 0.149. The van der Waals surface area contributed by atoms with Gasteiger partial charge in [-0.15, -0.1) is 0 Å². The van der Waals surface area contributed by atoms with Crippen LogP contribution in [0.3, 0.4) is 0 Å². The molecule has 0 radical (unpaired) electrons. The Hall–Kier alpha value is -14.6. The lowest BCUT2D eigenvalue weighted by Crippen LogP contribution is -2.26. The monoisotopic (exact) mass is 1420 g/mol. The zero-order valence-electron chi connectivity index (χ0n) is 60.5. The molecule has 4 nitrogen and oxygen atoms in total. The van der Waals surface area contributed by atoms with Crippen LogP contribution in [0.15, 0.2) is 385 Å². The normalized spacial score (nSPS) is 15.4. The van der Waals surface area contributed by atoms with Gasteiger partial charge in [-0.25, -0.2) is 0 Å². The fraction of sp³-hybridized carbons (Fsp3) is 0.0185. The Morgan fingerprint density at radius 3 is 1.19 bits per heavy atom. The number of nitrogens with zero attached hydrogens (tertiary/aromatic N) is 2. The van der Waals surface area contributed by atoms with Gasteiger partial charge in [0, 0.05) is 55.7 Å². The highest BCUT2D eigenvalue weighted by Gasteiger charge is 2.55. The third-order valence-corrected chi connectivity index (χ3v) is 25.9. The summed E-state index contributed by atoms with van der Waals surface area (Å²) in [6, 6.07) is 141. The van der Waals surface area contributed by atoms with Gasteiger partial charge < -0.3 is 18.6 Å². The van der Waals surface area contributed by atoms with E-state index in [1.807, 2.05) is 6.07 Å². The van der Waals surface area contributed by atoms with Gasteiger partial charge in [0.15, 0.2) is 0 Å². The molecule has 516 valence electrons. The molecule has 112 heavy (non-hydrogen) atoms. The maximum absolute atomic E-state index is 6.94. The van der Waals surface area contributed by atoms with Crippen molar-refractivity contribution >= 4 is 121 Å². The number of rotatable bonds is 7. The van der Waals surface area contributed by atoms with E-state index >= 15 is 0 Å². The highest BCUT2D eigenvalue weighted by atomic mass is 16.3. The second kappa shape index (κ2) is 22.1. The molecule has 19 aromatic carbocycles. The zero-order valence-corrected chi connectivity index (χ0v) is 60.5. The minimum atomic E-state index is -0.653. The van der Waals surface area contributed by atoms with Crippen LogP contribution >= 0.6 is 0 Å². The summed E-state index contributed by atoms with van der Waals surface area (Å²) in [4.78, 5) is 4.88. The number of anilines is 6. The number of para-hydroxylation sites is 3. The van der Waals surface area contributed by atoms with Gasteiger partial charge in [-0.1, -0.05) is 255 Å². The molecular formula is C108H62N2O2. The molecule has 0 saturated carbocycles.